The van der Waals surface area contributed by atoms with Crippen molar-refractivity contribution in [3.8, 4) is 0 Å². The Balaban J connectivity index is 0. The Morgan fingerprint density at radius 1 is 1.29 bits per heavy atom. The number of nitrogens with zero attached hydrogens (tertiary/aromatic N) is 1. The second kappa shape index (κ2) is 9.35. The van der Waals surface area contributed by atoms with Crippen LogP contribution in [0.25, 0.3) is 0 Å². The molecule has 0 aromatic carbocycles. The van der Waals surface area contributed by atoms with Crippen molar-refractivity contribution < 1.29 is 8.42 Å². The summed E-state index contributed by atoms with van der Waals surface area (Å²) >= 11 is 0. The summed E-state index contributed by atoms with van der Waals surface area (Å²) in [6, 6.07) is 0.115. The lowest BCUT2D eigenvalue weighted by molar-refractivity contribution is 0.212. The molecule has 0 unspecified atom stereocenters. The van der Waals surface area contributed by atoms with Gasteiger partial charge >= 0.3 is 0 Å². The molecule has 0 aromatic heterocycles. The molecule has 1 saturated heterocycles. The molecule has 1 rings (SSSR count). The third-order valence-corrected chi connectivity index (χ3v) is 4.21. The number of likely N-dealkylation sites (tertiary alicyclic amines) is 1. The molecule has 0 amide bonds. The highest BCUT2D eigenvalue weighted by atomic mass is 35.5. The largest absolute Gasteiger partial charge is 0.329 e. The van der Waals surface area contributed by atoms with Crippen LogP contribution in [0.2, 0.25) is 0 Å². The van der Waals surface area contributed by atoms with E-state index in [9.17, 15) is 8.42 Å². The maximum absolute atomic E-state index is 11.3. The summed E-state index contributed by atoms with van der Waals surface area (Å²) in [4.78, 5) is 2.27. The Kier molecular flexibility index (Phi) is 10.9. The highest BCUT2D eigenvalue weighted by molar-refractivity contribution is 7.89. The molecule has 5 nitrogen and oxygen atoms in total. The number of sulfonamides is 1. The molecule has 0 aromatic rings. The number of piperidine rings is 1. The summed E-state index contributed by atoms with van der Waals surface area (Å²) in [6.07, 6.45) is 1.78. The average molecular weight is 308 g/mol. The lowest BCUT2D eigenvalue weighted by Gasteiger charge is -2.31. The van der Waals surface area contributed by atoms with Gasteiger partial charge in [-0.15, -0.1) is 24.8 Å². The van der Waals surface area contributed by atoms with Gasteiger partial charge in [0.25, 0.3) is 0 Å². The van der Waals surface area contributed by atoms with Gasteiger partial charge in [-0.2, -0.15) is 0 Å². The zero-order chi connectivity index (χ0) is 11.3. The molecule has 1 heterocycles. The fraction of sp³-hybridized carbons (Fsp3) is 1.00. The average Bonchev–Trinajstić information content (AvgIpc) is 2.21. The van der Waals surface area contributed by atoms with Crippen molar-refractivity contribution in [2.45, 2.75) is 25.8 Å². The molecule has 17 heavy (non-hydrogen) atoms. The van der Waals surface area contributed by atoms with Gasteiger partial charge in [-0.05, 0) is 32.9 Å². The second-order valence-corrected chi connectivity index (χ2v) is 5.97. The minimum atomic E-state index is -3.04. The molecule has 0 atom stereocenters. The predicted molar refractivity (Wildman–Crippen MR) is 75.6 cm³/mol. The molecule has 8 heteroatoms. The van der Waals surface area contributed by atoms with Crippen LogP contribution in [-0.4, -0.2) is 51.3 Å². The van der Waals surface area contributed by atoms with Crippen LogP contribution >= 0.6 is 24.8 Å². The van der Waals surface area contributed by atoms with E-state index in [4.69, 9.17) is 5.73 Å². The van der Waals surface area contributed by atoms with E-state index in [0.29, 0.717) is 6.54 Å². The second-order valence-electron chi connectivity index (χ2n) is 3.93. The van der Waals surface area contributed by atoms with E-state index < -0.39 is 10.0 Å². The molecule has 0 saturated carbocycles. The van der Waals surface area contributed by atoms with Gasteiger partial charge < -0.3 is 10.6 Å². The number of hydrogen-bond donors (Lipinski definition) is 2. The van der Waals surface area contributed by atoms with Gasteiger partial charge in [-0.25, -0.2) is 13.1 Å². The normalized spacial score (nSPS) is 18.2. The predicted octanol–water partition coefficient (Wildman–Crippen LogP) is 0.192. The third kappa shape index (κ3) is 7.43. The first-order valence-corrected chi connectivity index (χ1v) is 7.15. The van der Waals surface area contributed by atoms with Crippen LogP contribution in [0.5, 0.6) is 0 Å². The van der Waals surface area contributed by atoms with Gasteiger partial charge in [0.2, 0.25) is 10.0 Å². The zero-order valence-corrected chi connectivity index (χ0v) is 12.5. The molecule has 0 aliphatic carbocycles. The summed E-state index contributed by atoms with van der Waals surface area (Å²) in [5, 5.41) is 0. The Morgan fingerprint density at radius 2 is 1.82 bits per heavy atom. The maximum Gasteiger partial charge on any atom is 0.211 e. The standard InChI is InChI=1S/C9H21N3O2S.2ClH/c1-2-15(13,14)11-9-3-6-12(7-4-9)8-5-10;;/h9,11H,2-8,10H2,1H3;2*1H. The monoisotopic (exact) mass is 307 g/mol. The molecule has 106 valence electrons. The minimum Gasteiger partial charge on any atom is -0.329 e. The van der Waals surface area contributed by atoms with Crippen LogP contribution in [0, 0.1) is 0 Å². The van der Waals surface area contributed by atoms with Crippen molar-refractivity contribution in [3.63, 3.8) is 0 Å². The van der Waals surface area contributed by atoms with E-state index in [0.717, 1.165) is 32.5 Å². The van der Waals surface area contributed by atoms with Crippen LogP contribution in [-0.2, 0) is 10.0 Å². The summed E-state index contributed by atoms with van der Waals surface area (Å²) in [6.45, 7) is 5.12. The number of hydrogen-bond acceptors (Lipinski definition) is 4. The first-order valence-electron chi connectivity index (χ1n) is 5.50. The smallest absolute Gasteiger partial charge is 0.211 e. The van der Waals surface area contributed by atoms with Crippen LogP contribution in [0.3, 0.4) is 0 Å². The minimum absolute atomic E-state index is 0. The lowest BCUT2D eigenvalue weighted by Crippen LogP contribution is -2.46. The van der Waals surface area contributed by atoms with E-state index in [-0.39, 0.29) is 36.6 Å². The number of rotatable bonds is 5. The molecule has 1 fully saturated rings. The highest BCUT2D eigenvalue weighted by Crippen LogP contribution is 2.10. The topological polar surface area (TPSA) is 75.4 Å². The van der Waals surface area contributed by atoms with Crippen LogP contribution in [0.4, 0.5) is 0 Å². The highest BCUT2D eigenvalue weighted by Gasteiger charge is 2.21. The first-order chi connectivity index (χ1) is 7.07. The van der Waals surface area contributed by atoms with Crippen molar-refractivity contribution in [2.75, 3.05) is 31.9 Å². The molecule has 1 aliphatic rings. The van der Waals surface area contributed by atoms with Crippen LogP contribution in [0.1, 0.15) is 19.8 Å². The Hall–Kier alpha value is 0.410. The van der Waals surface area contributed by atoms with Gasteiger partial charge in [-0.1, -0.05) is 0 Å². The SMILES string of the molecule is CCS(=O)(=O)NC1CCN(CCN)CC1.Cl.Cl. The van der Waals surface area contributed by atoms with Crippen molar-refractivity contribution in [3.05, 3.63) is 0 Å². The van der Waals surface area contributed by atoms with Gasteiger partial charge in [-0.3, -0.25) is 0 Å². The van der Waals surface area contributed by atoms with Crippen molar-refractivity contribution >= 4 is 34.8 Å². The van der Waals surface area contributed by atoms with Gasteiger partial charge in [0.15, 0.2) is 0 Å². The Labute approximate surface area is 116 Å². The number of nitrogens with one attached hydrogen (secondary N) is 1. The molecule has 1 aliphatic heterocycles. The fourth-order valence-corrected chi connectivity index (χ4v) is 2.70. The molecule has 3 N–H and O–H groups in total. The Morgan fingerprint density at radius 3 is 2.24 bits per heavy atom. The molecular formula is C9H23Cl2N3O2S. The summed E-state index contributed by atoms with van der Waals surface area (Å²) < 4.78 is 25.4. The number of halogens is 2. The third-order valence-electron chi connectivity index (χ3n) is 2.76. The molecule has 0 bridgehead atoms. The van der Waals surface area contributed by atoms with Crippen molar-refractivity contribution in [1.82, 2.24) is 9.62 Å². The quantitative estimate of drug-likeness (QED) is 0.760. The number of nitrogens with two attached hydrogens (primary N) is 1. The summed E-state index contributed by atoms with van der Waals surface area (Å²) in [5.41, 5.74) is 5.46. The zero-order valence-electron chi connectivity index (χ0n) is 10.1. The maximum atomic E-state index is 11.3. The lowest BCUT2D eigenvalue weighted by atomic mass is 10.1. The Bertz CT molecular complexity index is 280. The van der Waals surface area contributed by atoms with Gasteiger partial charge in [0.1, 0.15) is 0 Å². The van der Waals surface area contributed by atoms with Crippen LogP contribution in [0.15, 0.2) is 0 Å². The first kappa shape index (κ1) is 19.7. The van der Waals surface area contributed by atoms with E-state index in [1.165, 1.54) is 0 Å². The fourth-order valence-electron chi connectivity index (χ4n) is 1.79. The van der Waals surface area contributed by atoms with Crippen molar-refractivity contribution in [2.24, 2.45) is 5.73 Å². The van der Waals surface area contributed by atoms with Crippen LogP contribution < -0.4 is 10.5 Å². The molecule has 0 spiro atoms. The van der Waals surface area contributed by atoms with Gasteiger partial charge in [0.05, 0.1) is 5.75 Å². The van der Waals surface area contributed by atoms with E-state index in [2.05, 4.69) is 9.62 Å². The molecular weight excluding hydrogens is 285 g/mol. The van der Waals surface area contributed by atoms with Crippen molar-refractivity contribution in [1.29, 1.82) is 0 Å². The van der Waals surface area contributed by atoms with E-state index in [1.54, 1.807) is 6.92 Å². The molecule has 0 radical (unpaired) electrons. The summed E-state index contributed by atoms with van der Waals surface area (Å²) in [5.74, 6) is 0.163. The van der Waals surface area contributed by atoms with Gasteiger partial charge in [0, 0.05) is 19.1 Å². The van der Waals surface area contributed by atoms with E-state index in [1.807, 2.05) is 0 Å². The summed E-state index contributed by atoms with van der Waals surface area (Å²) in [7, 11) is -3.04. The van der Waals surface area contributed by atoms with E-state index >= 15 is 0 Å².